The van der Waals surface area contributed by atoms with E-state index < -0.39 is 5.82 Å². The number of piperazine rings is 1. The van der Waals surface area contributed by atoms with E-state index in [4.69, 9.17) is 10.00 Å². The van der Waals surface area contributed by atoms with Crippen LogP contribution in [0.1, 0.15) is 22.8 Å². The highest BCUT2D eigenvalue weighted by Gasteiger charge is 2.32. The maximum absolute atomic E-state index is 13.6. The van der Waals surface area contributed by atoms with Crippen molar-refractivity contribution in [2.45, 2.75) is 19.1 Å². The van der Waals surface area contributed by atoms with Crippen LogP contribution in [-0.2, 0) is 4.74 Å². The van der Waals surface area contributed by atoms with Crippen LogP contribution < -0.4 is 5.32 Å². The average Bonchev–Trinajstić information content (AvgIpc) is 2.47. The second-order valence-electron chi connectivity index (χ2n) is 5.48. The Hall–Kier alpha value is -1.48. The summed E-state index contributed by atoms with van der Waals surface area (Å²) in [7, 11) is 0. The van der Waals surface area contributed by atoms with Crippen LogP contribution in [0.2, 0.25) is 0 Å². The Morgan fingerprint density at radius 3 is 3.15 bits per heavy atom. The van der Waals surface area contributed by atoms with E-state index in [1.807, 2.05) is 13.0 Å². The van der Waals surface area contributed by atoms with Gasteiger partial charge in [-0.15, -0.1) is 0 Å². The first kappa shape index (κ1) is 13.5. The van der Waals surface area contributed by atoms with E-state index in [2.05, 4.69) is 10.2 Å². The van der Waals surface area contributed by atoms with Crippen molar-refractivity contribution >= 4 is 0 Å². The van der Waals surface area contributed by atoms with Crippen molar-refractivity contribution in [3.05, 3.63) is 34.6 Å². The molecule has 2 fully saturated rings. The summed E-state index contributed by atoms with van der Waals surface area (Å²) >= 11 is 0. The highest BCUT2D eigenvalue weighted by atomic mass is 19.1. The Balaban J connectivity index is 1.85. The summed E-state index contributed by atoms with van der Waals surface area (Å²) in [5, 5.41) is 12.3. The van der Waals surface area contributed by atoms with Crippen molar-refractivity contribution in [1.82, 2.24) is 10.2 Å². The Bertz CT molecular complexity index is 555. The van der Waals surface area contributed by atoms with Gasteiger partial charge in [-0.3, -0.25) is 4.90 Å². The number of hydrogen-bond acceptors (Lipinski definition) is 4. The van der Waals surface area contributed by atoms with Gasteiger partial charge < -0.3 is 10.1 Å². The van der Waals surface area contributed by atoms with Crippen LogP contribution in [0.4, 0.5) is 4.39 Å². The quantitative estimate of drug-likeness (QED) is 0.840. The molecule has 2 unspecified atom stereocenters. The van der Waals surface area contributed by atoms with Gasteiger partial charge in [0.15, 0.2) is 0 Å². The zero-order valence-corrected chi connectivity index (χ0v) is 11.5. The van der Waals surface area contributed by atoms with Gasteiger partial charge in [0.25, 0.3) is 0 Å². The van der Waals surface area contributed by atoms with E-state index in [9.17, 15) is 4.39 Å². The minimum atomic E-state index is -0.454. The van der Waals surface area contributed by atoms with Crippen LogP contribution in [0.5, 0.6) is 0 Å². The fourth-order valence-electron chi connectivity index (χ4n) is 3.01. The first-order valence-corrected chi connectivity index (χ1v) is 6.95. The Labute approximate surface area is 118 Å². The van der Waals surface area contributed by atoms with Gasteiger partial charge in [0, 0.05) is 32.2 Å². The van der Waals surface area contributed by atoms with Crippen molar-refractivity contribution in [3.8, 4) is 6.07 Å². The van der Waals surface area contributed by atoms with Gasteiger partial charge in [-0.05, 0) is 30.2 Å². The fraction of sp³-hybridized carbons (Fsp3) is 0.533. The fourth-order valence-corrected chi connectivity index (χ4v) is 3.01. The van der Waals surface area contributed by atoms with Gasteiger partial charge in [-0.25, -0.2) is 4.39 Å². The molecular formula is C15H18FN3O. The van der Waals surface area contributed by atoms with E-state index >= 15 is 0 Å². The first-order chi connectivity index (χ1) is 9.69. The zero-order chi connectivity index (χ0) is 14.1. The summed E-state index contributed by atoms with van der Waals surface area (Å²) in [5.74, 6) is -0.454. The number of nitrogens with zero attached hydrogens (tertiary/aromatic N) is 2. The molecule has 2 saturated heterocycles. The molecule has 1 aromatic carbocycles. The SMILES string of the molecule is Cc1cc(F)c(C#N)cc1C1CN2CCNCC2CO1. The Kier molecular flexibility index (Phi) is 3.70. The number of benzene rings is 1. The van der Waals surface area contributed by atoms with Gasteiger partial charge in [0.05, 0.1) is 18.3 Å². The topological polar surface area (TPSA) is 48.3 Å². The lowest BCUT2D eigenvalue weighted by Crippen LogP contribution is -2.57. The summed E-state index contributed by atoms with van der Waals surface area (Å²) < 4.78 is 19.5. The smallest absolute Gasteiger partial charge is 0.141 e. The molecule has 20 heavy (non-hydrogen) atoms. The van der Waals surface area contributed by atoms with Gasteiger partial charge in [-0.1, -0.05) is 0 Å². The van der Waals surface area contributed by atoms with Gasteiger partial charge in [-0.2, -0.15) is 5.26 Å². The molecule has 0 aromatic heterocycles. The lowest BCUT2D eigenvalue weighted by Gasteiger charge is -2.43. The Morgan fingerprint density at radius 1 is 1.50 bits per heavy atom. The van der Waals surface area contributed by atoms with E-state index in [0.29, 0.717) is 12.6 Å². The van der Waals surface area contributed by atoms with Crippen LogP contribution in [0.15, 0.2) is 12.1 Å². The number of aryl methyl sites for hydroxylation is 1. The minimum absolute atomic E-state index is 0.0722. The van der Waals surface area contributed by atoms with Crippen LogP contribution in [-0.4, -0.2) is 43.7 Å². The van der Waals surface area contributed by atoms with Crippen molar-refractivity contribution in [1.29, 1.82) is 5.26 Å². The van der Waals surface area contributed by atoms with E-state index in [-0.39, 0.29) is 11.7 Å². The maximum Gasteiger partial charge on any atom is 0.141 e. The van der Waals surface area contributed by atoms with E-state index in [1.54, 1.807) is 6.07 Å². The normalized spacial score (nSPS) is 26.9. The maximum atomic E-state index is 13.6. The van der Waals surface area contributed by atoms with Crippen LogP contribution in [0.3, 0.4) is 0 Å². The number of rotatable bonds is 1. The molecule has 106 valence electrons. The number of morpholine rings is 1. The molecule has 0 amide bonds. The summed E-state index contributed by atoms with van der Waals surface area (Å²) in [6, 6.07) is 5.40. The lowest BCUT2D eigenvalue weighted by atomic mass is 9.97. The Morgan fingerprint density at radius 2 is 2.35 bits per heavy atom. The summed E-state index contributed by atoms with van der Waals surface area (Å²) in [6.07, 6.45) is -0.0722. The van der Waals surface area contributed by atoms with Crippen molar-refractivity contribution in [2.75, 3.05) is 32.8 Å². The molecule has 1 aromatic rings. The van der Waals surface area contributed by atoms with Gasteiger partial charge in [0.2, 0.25) is 0 Å². The second-order valence-corrected chi connectivity index (χ2v) is 5.48. The number of ether oxygens (including phenoxy) is 1. The zero-order valence-electron chi connectivity index (χ0n) is 11.5. The minimum Gasteiger partial charge on any atom is -0.370 e. The third kappa shape index (κ3) is 2.42. The van der Waals surface area contributed by atoms with Crippen molar-refractivity contribution < 1.29 is 9.13 Å². The molecule has 3 rings (SSSR count). The highest BCUT2D eigenvalue weighted by molar-refractivity contribution is 5.40. The van der Waals surface area contributed by atoms with Crippen LogP contribution in [0.25, 0.3) is 0 Å². The molecule has 0 aliphatic carbocycles. The lowest BCUT2D eigenvalue weighted by molar-refractivity contribution is -0.0720. The summed E-state index contributed by atoms with van der Waals surface area (Å²) in [5.41, 5.74) is 1.87. The molecule has 2 aliphatic heterocycles. The largest absolute Gasteiger partial charge is 0.370 e. The number of halogens is 1. The molecule has 2 heterocycles. The molecule has 0 bridgehead atoms. The molecule has 5 heteroatoms. The number of nitriles is 1. The van der Waals surface area contributed by atoms with Crippen LogP contribution >= 0.6 is 0 Å². The van der Waals surface area contributed by atoms with Gasteiger partial charge in [0.1, 0.15) is 11.9 Å². The predicted octanol–water partition coefficient (Wildman–Crippen LogP) is 1.35. The van der Waals surface area contributed by atoms with Crippen LogP contribution in [0, 0.1) is 24.1 Å². The molecule has 0 radical (unpaired) electrons. The first-order valence-electron chi connectivity index (χ1n) is 6.95. The summed E-state index contributed by atoms with van der Waals surface area (Å²) in [4.78, 5) is 2.42. The molecule has 0 saturated carbocycles. The monoisotopic (exact) mass is 275 g/mol. The molecule has 2 atom stereocenters. The molecular weight excluding hydrogens is 257 g/mol. The molecule has 2 aliphatic rings. The van der Waals surface area contributed by atoms with Crippen molar-refractivity contribution in [3.63, 3.8) is 0 Å². The third-order valence-corrected chi connectivity index (χ3v) is 4.19. The van der Waals surface area contributed by atoms with Gasteiger partial charge >= 0.3 is 0 Å². The summed E-state index contributed by atoms with van der Waals surface area (Å²) in [6.45, 7) is 6.32. The molecule has 1 N–H and O–H groups in total. The third-order valence-electron chi connectivity index (χ3n) is 4.19. The molecule has 4 nitrogen and oxygen atoms in total. The van der Waals surface area contributed by atoms with E-state index in [0.717, 1.165) is 37.3 Å². The number of fused-ring (bicyclic) bond motifs is 1. The molecule has 0 spiro atoms. The standard InChI is InChI=1S/C15H18FN3O/c1-10-4-14(16)11(6-17)5-13(10)15-8-19-3-2-18-7-12(19)9-20-15/h4-5,12,15,18H,2-3,7-9H2,1H3. The van der Waals surface area contributed by atoms with E-state index in [1.165, 1.54) is 6.07 Å². The number of hydrogen-bond donors (Lipinski definition) is 1. The predicted molar refractivity (Wildman–Crippen MR) is 72.8 cm³/mol. The van der Waals surface area contributed by atoms with Crippen molar-refractivity contribution in [2.24, 2.45) is 0 Å². The average molecular weight is 275 g/mol. The number of nitrogens with one attached hydrogen (secondary N) is 1. The highest BCUT2D eigenvalue weighted by Crippen LogP contribution is 2.29. The second kappa shape index (κ2) is 5.49.